The number of benzene rings is 1. The van der Waals surface area contributed by atoms with Crippen LogP contribution in [0.4, 0.5) is 10.1 Å². The first-order valence-corrected chi connectivity index (χ1v) is 6.30. The number of rotatable bonds is 6. The largest absolute Gasteiger partial charge is 0.478 e. The number of carboxylic acid groups (broad SMARTS) is 1. The molecule has 0 bridgehead atoms. The van der Waals surface area contributed by atoms with Crippen LogP contribution in [0.15, 0.2) is 17.0 Å². The number of halogens is 1. The SMILES string of the molecule is CCCCSc1cc(C(=O)O)c(F)cc1[N+](=O)[O-]. The summed E-state index contributed by atoms with van der Waals surface area (Å²) in [4.78, 5) is 21.0. The monoisotopic (exact) mass is 273 g/mol. The molecular formula is C11H12FNO4S. The lowest BCUT2D eigenvalue weighted by Crippen LogP contribution is -2.03. The van der Waals surface area contributed by atoms with Crippen molar-refractivity contribution in [3.63, 3.8) is 0 Å². The zero-order chi connectivity index (χ0) is 13.7. The Bertz CT molecular complexity index is 478. The molecule has 1 aromatic rings. The van der Waals surface area contributed by atoms with Crippen molar-refractivity contribution >= 4 is 23.4 Å². The number of unbranched alkanes of at least 4 members (excludes halogenated alkanes) is 1. The number of hydrogen-bond acceptors (Lipinski definition) is 4. The molecule has 1 rings (SSSR count). The molecular weight excluding hydrogens is 261 g/mol. The molecule has 0 spiro atoms. The first kappa shape index (κ1) is 14.4. The molecule has 0 aromatic heterocycles. The highest BCUT2D eigenvalue weighted by Crippen LogP contribution is 2.32. The van der Waals surface area contributed by atoms with E-state index >= 15 is 0 Å². The van der Waals surface area contributed by atoms with Crippen molar-refractivity contribution in [2.45, 2.75) is 24.7 Å². The van der Waals surface area contributed by atoms with Crippen LogP contribution in [0.3, 0.4) is 0 Å². The van der Waals surface area contributed by atoms with Gasteiger partial charge in [0.2, 0.25) is 0 Å². The van der Waals surface area contributed by atoms with E-state index in [4.69, 9.17) is 5.11 Å². The number of nitro benzene ring substituents is 1. The summed E-state index contributed by atoms with van der Waals surface area (Å²) in [7, 11) is 0. The van der Waals surface area contributed by atoms with Gasteiger partial charge in [0, 0.05) is 0 Å². The van der Waals surface area contributed by atoms with Gasteiger partial charge in [-0.3, -0.25) is 10.1 Å². The van der Waals surface area contributed by atoms with Crippen LogP contribution >= 0.6 is 11.8 Å². The van der Waals surface area contributed by atoms with Crippen molar-refractivity contribution in [1.29, 1.82) is 0 Å². The second-order valence-electron chi connectivity index (χ2n) is 3.56. The maximum Gasteiger partial charge on any atom is 0.338 e. The lowest BCUT2D eigenvalue weighted by atomic mass is 10.2. The number of carbonyl (C=O) groups is 1. The third kappa shape index (κ3) is 3.43. The summed E-state index contributed by atoms with van der Waals surface area (Å²) < 4.78 is 13.3. The average Bonchev–Trinajstić information content (AvgIpc) is 2.30. The molecule has 1 N–H and O–H groups in total. The number of hydrogen-bond donors (Lipinski definition) is 1. The van der Waals surface area contributed by atoms with Gasteiger partial charge >= 0.3 is 5.97 Å². The van der Waals surface area contributed by atoms with Crippen LogP contribution < -0.4 is 0 Å². The Kier molecular flexibility index (Phi) is 5.08. The van der Waals surface area contributed by atoms with Crippen LogP contribution in [0.5, 0.6) is 0 Å². The number of thioether (sulfide) groups is 1. The molecule has 0 unspecified atom stereocenters. The van der Waals surface area contributed by atoms with Gasteiger partial charge in [0.1, 0.15) is 5.82 Å². The van der Waals surface area contributed by atoms with Crippen LogP contribution in [-0.4, -0.2) is 21.8 Å². The first-order valence-electron chi connectivity index (χ1n) is 5.31. The maximum absolute atomic E-state index is 13.3. The second kappa shape index (κ2) is 6.34. The van der Waals surface area contributed by atoms with Gasteiger partial charge in [0.25, 0.3) is 5.69 Å². The van der Waals surface area contributed by atoms with E-state index in [0.29, 0.717) is 11.8 Å². The normalized spacial score (nSPS) is 10.3. The van der Waals surface area contributed by atoms with Crippen LogP contribution in [0.2, 0.25) is 0 Å². The van der Waals surface area contributed by atoms with E-state index in [1.165, 1.54) is 11.8 Å². The van der Waals surface area contributed by atoms with E-state index in [2.05, 4.69) is 0 Å². The summed E-state index contributed by atoms with van der Waals surface area (Å²) in [5.74, 6) is -1.89. The van der Waals surface area contributed by atoms with E-state index < -0.39 is 28.0 Å². The van der Waals surface area contributed by atoms with Gasteiger partial charge in [-0.15, -0.1) is 11.8 Å². The fraction of sp³-hybridized carbons (Fsp3) is 0.364. The zero-order valence-corrected chi connectivity index (χ0v) is 10.5. The Morgan fingerprint density at radius 1 is 1.56 bits per heavy atom. The van der Waals surface area contributed by atoms with Gasteiger partial charge in [0.15, 0.2) is 0 Å². The summed E-state index contributed by atoms with van der Waals surface area (Å²) in [5, 5.41) is 19.5. The molecule has 5 nitrogen and oxygen atoms in total. The van der Waals surface area contributed by atoms with Gasteiger partial charge < -0.3 is 5.11 Å². The minimum atomic E-state index is -1.43. The fourth-order valence-corrected chi connectivity index (χ4v) is 2.43. The van der Waals surface area contributed by atoms with Crippen molar-refractivity contribution in [3.05, 3.63) is 33.6 Å². The molecule has 0 fully saturated rings. The molecule has 0 amide bonds. The topological polar surface area (TPSA) is 80.4 Å². The molecule has 7 heteroatoms. The van der Waals surface area contributed by atoms with Gasteiger partial charge in [0.05, 0.1) is 21.4 Å². The predicted octanol–water partition coefficient (Wildman–Crippen LogP) is 3.32. The lowest BCUT2D eigenvalue weighted by Gasteiger charge is -2.05. The summed E-state index contributed by atoms with van der Waals surface area (Å²) >= 11 is 1.17. The van der Waals surface area contributed by atoms with E-state index in [-0.39, 0.29) is 4.90 Å². The van der Waals surface area contributed by atoms with Gasteiger partial charge in [-0.2, -0.15) is 0 Å². The molecule has 98 valence electrons. The zero-order valence-electron chi connectivity index (χ0n) is 9.68. The Balaban J connectivity index is 3.14. The molecule has 1 aromatic carbocycles. The summed E-state index contributed by atoms with van der Waals surface area (Å²) in [5.41, 5.74) is -0.932. The summed E-state index contributed by atoms with van der Waals surface area (Å²) in [6, 6.07) is 1.69. The van der Waals surface area contributed by atoms with Gasteiger partial charge in [-0.05, 0) is 18.2 Å². The second-order valence-corrected chi connectivity index (χ2v) is 4.70. The highest BCUT2D eigenvalue weighted by Gasteiger charge is 2.21. The van der Waals surface area contributed by atoms with Crippen molar-refractivity contribution in [2.24, 2.45) is 0 Å². The number of nitro groups is 1. The van der Waals surface area contributed by atoms with Crippen LogP contribution in [-0.2, 0) is 0 Å². The molecule has 0 aliphatic carbocycles. The van der Waals surface area contributed by atoms with Gasteiger partial charge in [-0.1, -0.05) is 13.3 Å². The van der Waals surface area contributed by atoms with Crippen molar-refractivity contribution < 1.29 is 19.2 Å². The molecule has 0 aliphatic heterocycles. The van der Waals surface area contributed by atoms with Crippen LogP contribution in [0.25, 0.3) is 0 Å². The third-order valence-electron chi connectivity index (χ3n) is 2.23. The van der Waals surface area contributed by atoms with Crippen molar-refractivity contribution in [1.82, 2.24) is 0 Å². The standard InChI is InChI=1S/C11H12FNO4S/c1-2-3-4-18-10-5-7(11(14)15)8(12)6-9(10)13(16)17/h5-6H,2-4H2,1H3,(H,14,15). The Morgan fingerprint density at radius 3 is 2.72 bits per heavy atom. The Morgan fingerprint density at radius 2 is 2.22 bits per heavy atom. The fourth-order valence-electron chi connectivity index (χ4n) is 1.29. The van der Waals surface area contributed by atoms with Crippen LogP contribution in [0, 0.1) is 15.9 Å². The smallest absolute Gasteiger partial charge is 0.338 e. The summed E-state index contributed by atoms with van der Waals surface area (Å²) in [6.45, 7) is 1.97. The average molecular weight is 273 g/mol. The van der Waals surface area contributed by atoms with Crippen molar-refractivity contribution in [3.8, 4) is 0 Å². The molecule has 18 heavy (non-hydrogen) atoms. The minimum Gasteiger partial charge on any atom is -0.478 e. The van der Waals surface area contributed by atoms with E-state index in [1.807, 2.05) is 6.92 Å². The molecule has 0 saturated heterocycles. The molecule has 0 radical (unpaired) electrons. The van der Waals surface area contributed by atoms with Crippen LogP contribution in [0.1, 0.15) is 30.1 Å². The minimum absolute atomic E-state index is 0.187. The van der Waals surface area contributed by atoms with E-state index in [1.54, 1.807) is 0 Å². The predicted molar refractivity (Wildman–Crippen MR) is 65.6 cm³/mol. The molecule has 0 saturated carbocycles. The Hall–Kier alpha value is -1.63. The Labute approximate surface area is 107 Å². The number of aromatic carboxylic acids is 1. The first-order chi connectivity index (χ1) is 8.47. The number of carboxylic acids is 1. The van der Waals surface area contributed by atoms with Crippen molar-refractivity contribution in [2.75, 3.05) is 5.75 Å². The van der Waals surface area contributed by atoms with E-state index in [0.717, 1.165) is 18.9 Å². The maximum atomic E-state index is 13.3. The lowest BCUT2D eigenvalue weighted by molar-refractivity contribution is -0.387. The third-order valence-corrected chi connectivity index (χ3v) is 3.36. The molecule has 0 heterocycles. The molecule has 0 aliphatic rings. The highest BCUT2D eigenvalue weighted by atomic mass is 32.2. The number of nitrogens with zero attached hydrogens (tertiary/aromatic N) is 1. The molecule has 0 atom stereocenters. The highest BCUT2D eigenvalue weighted by molar-refractivity contribution is 7.99. The van der Waals surface area contributed by atoms with Gasteiger partial charge in [-0.25, -0.2) is 9.18 Å². The quantitative estimate of drug-likeness (QED) is 0.372. The van der Waals surface area contributed by atoms with E-state index in [9.17, 15) is 19.3 Å². The summed E-state index contributed by atoms with van der Waals surface area (Å²) in [6.07, 6.45) is 1.77.